The van der Waals surface area contributed by atoms with Crippen molar-refractivity contribution in [1.29, 1.82) is 0 Å². The highest BCUT2D eigenvalue weighted by atomic mass is 32.2. The minimum atomic E-state index is -3.47. The van der Waals surface area contributed by atoms with Crippen LogP contribution in [0, 0.1) is 0 Å². The molecule has 1 saturated heterocycles. The summed E-state index contributed by atoms with van der Waals surface area (Å²) in [4.78, 5) is 14.8. The molecule has 2 aliphatic rings. The predicted molar refractivity (Wildman–Crippen MR) is 101 cm³/mol. The Morgan fingerprint density at radius 3 is 2.69 bits per heavy atom. The summed E-state index contributed by atoms with van der Waals surface area (Å²) in [5.74, 6) is 0.0648. The topological polar surface area (TPSA) is 66.9 Å². The number of carbonyl (C=O) groups excluding carboxylic acids is 1. The Morgan fingerprint density at radius 1 is 1.27 bits per heavy atom. The van der Waals surface area contributed by atoms with Gasteiger partial charge in [0.1, 0.15) is 0 Å². The highest BCUT2D eigenvalue weighted by molar-refractivity contribution is 7.89. The van der Waals surface area contributed by atoms with Crippen LogP contribution < -0.4 is 4.90 Å². The van der Waals surface area contributed by atoms with E-state index in [-0.39, 0.29) is 12.0 Å². The molecule has 0 N–H and O–H groups in total. The molecule has 26 heavy (non-hydrogen) atoms. The van der Waals surface area contributed by atoms with Gasteiger partial charge in [0, 0.05) is 31.9 Å². The molecule has 2 heterocycles. The fraction of sp³-hybridized carbons (Fsp3) is 0.632. The third-order valence-electron chi connectivity index (χ3n) is 5.27. The Bertz CT molecular complexity index is 753. The molecule has 144 valence electrons. The number of benzene rings is 1. The second-order valence-corrected chi connectivity index (χ2v) is 8.81. The van der Waals surface area contributed by atoms with Crippen molar-refractivity contribution in [2.24, 2.45) is 0 Å². The van der Waals surface area contributed by atoms with E-state index < -0.39 is 10.0 Å². The largest absolute Gasteiger partial charge is 0.378 e. The molecule has 0 aromatic heterocycles. The molecule has 1 fully saturated rings. The second kappa shape index (κ2) is 8.06. The van der Waals surface area contributed by atoms with Gasteiger partial charge in [-0.3, -0.25) is 4.79 Å². The lowest BCUT2D eigenvalue weighted by Gasteiger charge is -2.25. The van der Waals surface area contributed by atoms with Gasteiger partial charge in [0.2, 0.25) is 15.9 Å². The van der Waals surface area contributed by atoms with Crippen molar-refractivity contribution in [3.8, 4) is 0 Å². The highest BCUT2D eigenvalue weighted by Gasteiger charge is 2.30. The fourth-order valence-corrected chi connectivity index (χ4v) is 5.29. The predicted octanol–water partition coefficient (Wildman–Crippen LogP) is 2.57. The number of ether oxygens (including phenoxy) is 1. The van der Waals surface area contributed by atoms with E-state index in [0.717, 1.165) is 37.1 Å². The van der Waals surface area contributed by atoms with Crippen LogP contribution in [-0.4, -0.2) is 51.0 Å². The highest BCUT2D eigenvalue weighted by Crippen LogP contribution is 2.32. The number of anilines is 1. The standard InChI is InChI=1S/C19H28N2O4S/c1-3-20(4-2)26(23,24)17-8-9-18-15(13-17)10-11-21(18)19(22)14-16-7-5-6-12-25-16/h8-9,13,16H,3-7,10-12,14H2,1-2H3. The number of rotatable bonds is 6. The summed E-state index contributed by atoms with van der Waals surface area (Å²) in [5, 5.41) is 0. The Kier molecular flexibility index (Phi) is 5.99. The first-order chi connectivity index (χ1) is 12.5. The van der Waals surface area contributed by atoms with Crippen molar-refractivity contribution >= 4 is 21.6 Å². The molecule has 1 unspecified atom stereocenters. The first-order valence-electron chi connectivity index (χ1n) is 9.52. The maximum atomic E-state index is 12.7. The SMILES string of the molecule is CCN(CC)S(=O)(=O)c1ccc2c(c1)CCN2C(=O)CC1CCCCO1. The van der Waals surface area contributed by atoms with E-state index in [2.05, 4.69) is 0 Å². The number of sulfonamides is 1. The fourth-order valence-electron chi connectivity index (χ4n) is 3.78. The molecule has 0 saturated carbocycles. The van der Waals surface area contributed by atoms with Gasteiger partial charge < -0.3 is 9.64 Å². The molecular weight excluding hydrogens is 352 g/mol. The first kappa shape index (κ1) is 19.3. The molecule has 0 aliphatic carbocycles. The summed E-state index contributed by atoms with van der Waals surface area (Å²) < 4.78 is 32.5. The first-order valence-corrected chi connectivity index (χ1v) is 11.0. The molecule has 0 spiro atoms. The van der Waals surface area contributed by atoms with Crippen LogP contribution in [0.15, 0.2) is 23.1 Å². The monoisotopic (exact) mass is 380 g/mol. The van der Waals surface area contributed by atoms with Gasteiger partial charge in [0.15, 0.2) is 0 Å². The summed E-state index contributed by atoms with van der Waals surface area (Å²) in [7, 11) is -3.47. The van der Waals surface area contributed by atoms with Crippen LogP contribution in [0.2, 0.25) is 0 Å². The summed E-state index contributed by atoms with van der Waals surface area (Å²) in [6.45, 7) is 5.91. The van der Waals surface area contributed by atoms with E-state index in [1.807, 2.05) is 13.8 Å². The molecule has 0 radical (unpaired) electrons. The third-order valence-corrected chi connectivity index (χ3v) is 7.31. The van der Waals surface area contributed by atoms with E-state index in [1.54, 1.807) is 23.1 Å². The van der Waals surface area contributed by atoms with Crippen LogP contribution >= 0.6 is 0 Å². The van der Waals surface area contributed by atoms with Gasteiger partial charge in [-0.25, -0.2) is 8.42 Å². The van der Waals surface area contributed by atoms with Crippen molar-refractivity contribution in [3.63, 3.8) is 0 Å². The van der Waals surface area contributed by atoms with Gasteiger partial charge in [0.25, 0.3) is 0 Å². The minimum Gasteiger partial charge on any atom is -0.378 e. The number of nitrogens with zero attached hydrogens (tertiary/aromatic N) is 2. The zero-order valence-electron chi connectivity index (χ0n) is 15.6. The molecule has 1 atom stereocenters. The maximum Gasteiger partial charge on any atom is 0.243 e. The quantitative estimate of drug-likeness (QED) is 0.761. The Morgan fingerprint density at radius 2 is 2.04 bits per heavy atom. The van der Waals surface area contributed by atoms with Crippen molar-refractivity contribution in [2.75, 3.05) is 31.1 Å². The van der Waals surface area contributed by atoms with Crippen molar-refractivity contribution in [3.05, 3.63) is 23.8 Å². The van der Waals surface area contributed by atoms with Gasteiger partial charge in [-0.05, 0) is 49.4 Å². The van der Waals surface area contributed by atoms with Crippen LogP contribution in [0.1, 0.15) is 45.1 Å². The van der Waals surface area contributed by atoms with E-state index in [4.69, 9.17) is 4.74 Å². The van der Waals surface area contributed by atoms with Gasteiger partial charge in [-0.1, -0.05) is 13.8 Å². The molecule has 1 aromatic rings. The third kappa shape index (κ3) is 3.80. The number of hydrogen-bond acceptors (Lipinski definition) is 4. The number of hydrogen-bond donors (Lipinski definition) is 0. The zero-order valence-corrected chi connectivity index (χ0v) is 16.4. The number of fused-ring (bicyclic) bond motifs is 1. The van der Waals surface area contributed by atoms with Crippen LogP contribution in [-0.2, 0) is 26.0 Å². The van der Waals surface area contributed by atoms with Crippen LogP contribution in [0.25, 0.3) is 0 Å². The molecule has 3 rings (SSSR count). The molecule has 7 heteroatoms. The van der Waals surface area contributed by atoms with Gasteiger partial charge >= 0.3 is 0 Å². The van der Waals surface area contributed by atoms with Crippen molar-refractivity contribution in [1.82, 2.24) is 4.31 Å². The van der Waals surface area contributed by atoms with E-state index in [9.17, 15) is 13.2 Å². The van der Waals surface area contributed by atoms with Crippen LogP contribution in [0.5, 0.6) is 0 Å². The van der Waals surface area contributed by atoms with Gasteiger partial charge in [-0.2, -0.15) is 4.31 Å². The summed E-state index contributed by atoms with van der Waals surface area (Å²) in [6.07, 6.45) is 4.23. The Labute approximate surface area is 156 Å². The zero-order chi connectivity index (χ0) is 18.7. The molecule has 1 amide bonds. The average molecular weight is 381 g/mol. The van der Waals surface area contributed by atoms with Crippen molar-refractivity contribution < 1.29 is 17.9 Å². The Hall–Kier alpha value is -1.44. The Balaban J connectivity index is 1.76. The average Bonchev–Trinajstić information content (AvgIpc) is 3.06. The molecule has 1 aromatic carbocycles. The number of carbonyl (C=O) groups is 1. The summed E-state index contributed by atoms with van der Waals surface area (Å²) in [5.41, 5.74) is 1.76. The lowest BCUT2D eigenvalue weighted by molar-refractivity contribution is -0.122. The van der Waals surface area contributed by atoms with Gasteiger partial charge in [-0.15, -0.1) is 0 Å². The lowest BCUT2D eigenvalue weighted by Crippen LogP contribution is -2.33. The summed E-state index contributed by atoms with van der Waals surface area (Å²) >= 11 is 0. The minimum absolute atomic E-state index is 0.0163. The summed E-state index contributed by atoms with van der Waals surface area (Å²) in [6, 6.07) is 5.13. The van der Waals surface area contributed by atoms with Crippen molar-refractivity contribution in [2.45, 2.75) is 57.0 Å². The lowest BCUT2D eigenvalue weighted by atomic mass is 10.1. The molecule has 2 aliphatic heterocycles. The maximum absolute atomic E-state index is 12.7. The van der Waals surface area contributed by atoms with E-state index in [1.165, 1.54) is 4.31 Å². The van der Waals surface area contributed by atoms with E-state index >= 15 is 0 Å². The van der Waals surface area contributed by atoms with Gasteiger partial charge in [0.05, 0.1) is 17.4 Å². The van der Waals surface area contributed by atoms with Crippen LogP contribution in [0.3, 0.4) is 0 Å². The molecule has 6 nitrogen and oxygen atoms in total. The second-order valence-electron chi connectivity index (χ2n) is 6.87. The molecular formula is C19H28N2O4S. The van der Waals surface area contributed by atoms with Crippen LogP contribution in [0.4, 0.5) is 5.69 Å². The smallest absolute Gasteiger partial charge is 0.243 e. The number of amides is 1. The van der Waals surface area contributed by atoms with E-state index in [0.29, 0.717) is 37.4 Å². The molecule has 0 bridgehead atoms. The normalized spacial score (nSPS) is 20.4.